The number of pyridine rings is 1. The molecule has 0 aliphatic heterocycles. The smallest absolute Gasteiger partial charge is 0.252 e. The van der Waals surface area contributed by atoms with Gasteiger partial charge in [0.2, 0.25) is 0 Å². The monoisotopic (exact) mass is 286 g/mol. The molecule has 0 spiro atoms. The fourth-order valence-corrected chi connectivity index (χ4v) is 2.82. The van der Waals surface area contributed by atoms with Crippen molar-refractivity contribution in [3.63, 3.8) is 0 Å². The van der Waals surface area contributed by atoms with E-state index in [0.717, 1.165) is 19.3 Å². The summed E-state index contributed by atoms with van der Waals surface area (Å²) in [5.74, 6) is 5.23. The molecule has 2 N–H and O–H groups in total. The SMILES string of the molecule is CC1(C)CCCCC1NC(=O)c1ccncc1C#CCO. The van der Waals surface area contributed by atoms with Gasteiger partial charge in [0.25, 0.3) is 5.91 Å². The number of aliphatic hydroxyl groups excluding tert-OH is 1. The summed E-state index contributed by atoms with van der Waals surface area (Å²) in [6.45, 7) is 4.18. The second-order valence-corrected chi connectivity index (χ2v) is 6.14. The largest absolute Gasteiger partial charge is 0.384 e. The van der Waals surface area contributed by atoms with E-state index < -0.39 is 0 Å². The van der Waals surface area contributed by atoms with Crippen molar-refractivity contribution in [1.29, 1.82) is 0 Å². The fraction of sp³-hybridized carbons (Fsp3) is 0.529. The number of nitrogens with one attached hydrogen (secondary N) is 1. The highest BCUT2D eigenvalue weighted by molar-refractivity contribution is 5.96. The van der Waals surface area contributed by atoms with Gasteiger partial charge in [0.1, 0.15) is 6.61 Å². The summed E-state index contributed by atoms with van der Waals surface area (Å²) < 4.78 is 0. The summed E-state index contributed by atoms with van der Waals surface area (Å²) in [5, 5.41) is 11.9. The number of nitrogens with zero attached hydrogens (tertiary/aromatic N) is 1. The number of aliphatic hydroxyl groups is 1. The topological polar surface area (TPSA) is 62.2 Å². The van der Waals surface area contributed by atoms with Gasteiger partial charge in [-0.3, -0.25) is 9.78 Å². The first-order valence-corrected chi connectivity index (χ1v) is 7.39. The average Bonchev–Trinajstić information content (AvgIpc) is 2.47. The maximum absolute atomic E-state index is 12.5. The molecule has 1 heterocycles. The van der Waals surface area contributed by atoms with Gasteiger partial charge in [-0.25, -0.2) is 0 Å². The van der Waals surface area contributed by atoms with Crippen LogP contribution in [-0.4, -0.2) is 28.6 Å². The molecule has 0 radical (unpaired) electrons. The molecule has 1 amide bonds. The van der Waals surface area contributed by atoms with Crippen LogP contribution in [0.2, 0.25) is 0 Å². The zero-order chi connectivity index (χ0) is 15.3. The predicted molar refractivity (Wildman–Crippen MR) is 81.7 cm³/mol. The van der Waals surface area contributed by atoms with Crippen LogP contribution in [0.4, 0.5) is 0 Å². The molecular formula is C17H22N2O2. The highest BCUT2D eigenvalue weighted by atomic mass is 16.2. The molecule has 1 atom stereocenters. The first kappa shape index (κ1) is 15.5. The number of aromatic nitrogens is 1. The average molecular weight is 286 g/mol. The molecule has 1 aliphatic rings. The highest BCUT2D eigenvalue weighted by Crippen LogP contribution is 2.35. The van der Waals surface area contributed by atoms with Gasteiger partial charge in [0.05, 0.1) is 11.1 Å². The minimum absolute atomic E-state index is 0.111. The maximum atomic E-state index is 12.5. The number of hydrogen-bond acceptors (Lipinski definition) is 3. The molecule has 1 unspecified atom stereocenters. The van der Waals surface area contributed by atoms with Crippen LogP contribution in [0, 0.1) is 17.3 Å². The van der Waals surface area contributed by atoms with E-state index >= 15 is 0 Å². The molecule has 0 saturated heterocycles. The van der Waals surface area contributed by atoms with Crippen LogP contribution in [0.5, 0.6) is 0 Å². The van der Waals surface area contributed by atoms with E-state index in [9.17, 15) is 4.79 Å². The number of carbonyl (C=O) groups excluding carboxylic acids is 1. The zero-order valence-corrected chi connectivity index (χ0v) is 12.6. The van der Waals surface area contributed by atoms with Crippen molar-refractivity contribution in [3.05, 3.63) is 29.6 Å². The zero-order valence-electron chi connectivity index (χ0n) is 12.6. The van der Waals surface area contributed by atoms with Crippen molar-refractivity contribution in [2.75, 3.05) is 6.61 Å². The molecule has 1 fully saturated rings. The van der Waals surface area contributed by atoms with Crippen molar-refractivity contribution in [2.24, 2.45) is 5.41 Å². The van der Waals surface area contributed by atoms with Gasteiger partial charge < -0.3 is 10.4 Å². The van der Waals surface area contributed by atoms with E-state index in [2.05, 4.69) is 36.0 Å². The number of rotatable bonds is 2. The lowest BCUT2D eigenvalue weighted by atomic mass is 9.73. The van der Waals surface area contributed by atoms with Crippen molar-refractivity contribution in [1.82, 2.24) is 10.3 Å². The summed E-state index contributed by atoms with van der Waals surface area (Å²) in [6.07, 6.45) is 7.67. The van der Waals surface area contributed by atoms with Gasteiger partial charge in [0, 0.05) is 18.4 Å². The number of amides is 1. The summed E-state index contributed by atoms with van der Waals surface area (Å²) in [5.41, 5.74) is 1.20. The minimum Gasteiger partial charge on any atom is -0.384 e. The van der Waals surface area contributed by atoms with E-state index in [1.165, 1.54) is 6.42 Å². The van der Waals surface area contributed by atoms with Gasteiger partial charge >= 0.3 is 0 Å². The Kier molecular flexibility index (Phi) is 4.98. The lowest BCUT2D eigenvalue weighted by Crippen LogP contribution is -2.47. The molecule has 1 aliphatic carbocycles. The molecule has 1 saturated carbocycles. The molecule has 2 rings (SSSR count). The molecule has 1 aromatic rings. The fourth-order valence-electron chi connectivity index (χ4n) is 2.82. The molecule has 0 aromatic carbocycles. The Morgan fingerprint density at radius 2 is 2.33 bits per heavy atom. The summed E-state index contributed by atoms with van der Waals surface area (Å²) in [7, 11) is 0. The Hall–Kier alpha value is -1.86. The van der Waals surface area contributed by atoms with Crippen molar-refractivity contribution >= 4 is 5.91 Å². The lowest BCUT2D eigenvalue weighted by Gasteiger charge is -2.39. The van der Waals surface area contributed by atoms with Gasteiger partial charge in [-0.2, -0.15) is 0 Å². The lowest BCUT2D eigenvalue weighted by molar-refractivity contribution is 0.0853. The van der Waals surface area contributed by atoms with Crippen LogP contribution in [0.3, 0.4) is 0 Å². The second-order valence-electron chi connectivity index (χ2n) is 6.14. The quantitative estimate of drug-likeness (QED) is 0.819. The van der Waals surface area contributed by atoms with E-state index in [1.807, 2.05) is 0 Å². The Morgan fingerprint density at radius 1 is 1.52 bits per heavy atom. The first-order valence-electron chi connectivity index (χ1n) is 7.39. The highest BCUT2D eigenvalue weighted by Gasteiger charge is 2.33. The third-order valence-electron chi connectivity index (χ3n) is 4.18. The molecule has 4 heteroatoms. The number of carbonyl (C=O) groups is 1. The van der Waals surface area contributed by atoms with Crippen molar-refractivity contribution < 1.29 is 9.90 Å². The Bertz CT molecular complexity index is 570. The van der Waals surface area contributed by atoms with Gasteiger partial charge in [-0.1, -0.05) is 38.5 Å². The van der Waals surface area contributed by atoms with E-state index in [-0.39, 0.29) is 24.0 Å². The summed E-state index contributed by atoms with van der Waals surface area (Å²) in [4.78, 5) is 16.5. The Balaban J connectivity index is 2.17. The number of hydrogen-bond donors (Lipinski definition) is 2. The van der Waals surface area contributed by atoms with Crippen LogP contribution in [0.1, 0.15) is 55.5 Å². The van der Waals surface area contributed by atoms with E-state index in [0.29, 0.717) is 11.1 Å². The molecule has 1 aromatic heterocycles. The molecular weight excluding hydrogens is 264 g/mol. The van der Waals surface area contributed by atoms with Gasteiger partial charge in [0.15, 0.2) is 0 Å². The van der Waals surface area contributed by atoms with Gasteiger partial charge in [-0.15, -0.1) is 0 Å². The predicted octanol–water partition coefficient (Wildman–Crippen LogP) is 2.12. The van der Waals surface area contributed by atoms with E-state index in [4.69, 9.17) is 5.11 Å². The Morgan fingerprint density at radius 3 is 3.05 bits per heavy atom. The second kappa shape index (κ2) is 6.73. The maximum Gasteiger partial charge on any atom is 0.252 e. The molecule has 4 nitrogen and oxygen atoms in total. The summed E-state index contributed by atoms with van der Waals surface area (Å²) in [6, 6.07) is 1.86. The molecule has 0 bridgehead atoms. The first-order chi connectivity index (χ1) is 10.0. The standard InChI is InChI=1S/C17H22N2O2/c1-17(2)9-4-3-7-15(17)19-16(21)14-8-10-18-12-13(14)6-5-11-20/h8,10,12,15,20H,3-4,7,9,11H2,1-2H3,(H,19,21). The van der Waals surface area contributed by atoms with E-state index in [1.54, 1.807) is 18.5 Å². The van der Waals surface area contributed by atoms with Crippen LogP contribution in [-0.2, 0) is 0 Å². The van der Waals surface area contributed by atoms with Crippen LogP contribution in [0.25, 0.3) is 0 Å². The van der Waals surface area contributed by atoms with Crippen LogP contribution >= 0.6 is 0 Å². The van der Waals surface area contributed by atoms with Gasteiger partial charge in [-0.05, 0) is 24.3 Å². The molecule has 112 valence electrons. The third-order valence-corrected chi connectivity index (χ3v) is 4.18. The van der Waals surface area contributed by atoms with Crippen LogP contribution in [0.15, 0.2) is 18.5 Å². The summed E-state index contributed by atoms with van der Waals surface area (Å²) >= 11 is 0. The Labute approximate surface area is 126 Å². The van der Waals surface area contributed by atoms with Crippen LogP contribution < -0.4 is 5.32 Å². The normalized spacial score (nSPS) is 20.2. The van der Waals surface area contributed by atoms with Crippen molar-refractivity contribution in [3.8, 4) is 11.8 Å². The molecule has 21 heavy (non-hydrogen) atoms. The van der Waals surface area contributed by atoms with Crippen molar-refractivity contribution in [2.45, 2.75) is 45.6 Å². The minimum atomic E-state index is -0.231. The third kappa shape index (κ3) is 3.83.